The van der Waals surface area contributed by atoms with Crippen LogP contribution in [0.15, 0.2) is 23.1 Å². The van der Waals surface area contributed by atoms with Crippen molar-refractivity contribution >= 4 is 21.8 Å². The van der Waals surface area contributed by atoms with Gasteiger partial charge in [-0.1, -0.05) is 0 Å². The van der Waals surface area contributed by atoms with E-state index >= 15 is 0 Å². The Morgan fingerprint density at radius 2 is 1.93 bits per heavy atom. The molecule has 1 unspecified atom stereocenters. The molecule has 1 aromatic rings. The van der Waals surface area contributed by atoms with Gasteiger partial charge in [0.25, 0.3) is 0 Å². The van der Waals surface area contributed by atoms with Crippen LogP contribution in [0.5, 0.6) is 11.5 Å². The Morgan fingerprint density at radius 3 is 2.56 bits per heavy atom. The van der Waals surface area contributed by atoms with Crippen molar-refractivity contribution in [3.8, 4) is 11.5 Å². The summed E-state index contributed by atoms with van der Waals surface area (Å²) in [7, 11) is 0.271. The molecule has 1 aliphatic heterocycles. The molecule has 1 fully saturated rings. The number of nitrogens with zero attached hydrogens (tertiary/aromatic N) is 1. The maximum absolute atomic E-state index is 13.1. The van der Waals surface area contributed by atoms with Crippen LogP contribution < -0.4 is 20.1 Å². The molecule has 150 valence electrons. The summed E-state index contributed by atoms with van der Waals surface area (Å²) < 4.78 is 43.1. The minimum absolute atomic E-state index is 0.00766. The molecule has 2 amide bonds. The number of hydrogen-bond acceptors (Lipinski definition) is 7. The molecule has 0 saturated carbocycles. The highest BCUT2D eigenvalue weighted by Crippen LogP contribution is 2.31. The summed E-state index contributed by atoms with van der Waals surface area (Å²) in [6, 6.07) is 4.27. The Morgan fingerprint density at radius 1 is 1.22 bits per heavy atom. The molecule has 10 nitrogen and oxygen atoms in total. The van der Waals surface area contributed by atoms with Gasteiger partial charge in [-0.15, -0.1) is 0 Å². The molecule has 27 heavy (non-hydrogen) atoms. The van der Waals surface area contributed by atoms with Crippen LogP contribution >= 0.6 is 0 Å². The maximum Gasteiger partial charge on any atom is 0.309 e. The largest absolute Gasteiger partial charge is 0.493 e. The highest BCUT2D eigenvalue weighted by Gasteiger charge is 2.35. The lowest BCUT2D eigenvalue weighted by molar-refractivity contribution is -0.139. The van der Waals surface area contributed by atoms with Crippen molar-refractivity contribution in [1.29, 1.82) is 0 Å². The molecule has 0 aromatic heterocycles. The van der Waals surface area contributed by atoms with E-state index in [2.05, 4.69) is 10.6 Å². The first-order chi connectivity index (χ1) is 12.8. The minimum atomic E-state index is -3.92. The van der Waals surface area contributed by atoms with Crippen LogP contribution in [-0.2, 0) is 24.3 Å². The van der Waals surface area contributed by atoms with E-state index in [1.165, 1.54) is 39.5 Å². The second kappa shape index (κ2) is 9.02. The third kappa shape index (κ3) is 4.67. The van der Waals surface area contributed by atoms with E-state index in [9.17, 15) is 18.0 Å². The van der Waals surface area contributed by atoms with E-state index in [-0.39, 0.29) is 23.7 Å². The van der Waals surface area contributed by atoms with Gasteiger partial charge >= 0.3 is 11.8 Å². The van der Waals surface area contributed by atoms with E-state index in [0.717, 1.165) is 4.31 Å². The molecule has 2 N–H and O–H groups in total. The van der Waals surface area contributed by atoms with Gasteiger partial charge in [0.15, 0.2) is 11.5 Å². The van der Waals surface area contributed by atoms with Crippen LogP contribution in [0.3, 0.4) is 0 Å². The fourth-order valence-electron chi connectivity index (χ4n) is 2.59. The van der Waals surface area contributed by atoms with Gasteiger partial charge in [-0.25, -0.2) is 8.42 Å². The monoisotopic (exact) mass is 401 g/mol. The number of carbonyl (C=O) groups is 2. The molecule has 0 bridgehead atoms. The van der Waals surface area contributed by atoms with Crippen LogP contribution in [0.25, 0.3) is 0 Å². The topological polar surface area (TPSA) is 123 Å². The Labute approximate surface area is 157 Å². The Bertz CT molecular complexity index is 797. The molecule has 1 saturated heterocycles. The third-order valence-electron chi connectivity index (χ3n) is 3.99. The number of amides is 2. The predicted molar refractivity (Wildman–Crippen MR) is 94.9 cm³/mol. The van der Waals surface area contributed by atoms with Gasteiger partial charge in [0.1, 0.15) is 6.23 Å². The average molecular weight is 401 g/mol. The van der Waals surface area contributed by atoms with Crippen LogP contribution in [0.1, 0.15) is 6.42 Å². The van der Waals surface area contributed by atoms with E-state index in [4.69, 9.17) is 14.2 Å². The molecule has 11 heteroatoms. The highest BCUT2D eigenvalue weighted by atomic mass is 32.2. The number of rotatable bonds is 6. The van der Waals surface area contributed by atoms with Crippen molar-refractivity contribution in [2.45, 2.75) is 17.5 Å². The zero-order chi connectivity index (χ0) is 20.0. The molecule has 1 aliphatic rings. The number of carbonyl (C=O) groups excluding carboxylic acids is 2. The normalized spacial score (nSPS) is 17.8. The number of sulfonamides is 1. The second-order valence-electron chi connectivity index (χ2n) is 5.60. The summed E-state index contributed by atoms with van der Waals surface area (Å²) in [4.78, 5) is 22.9. The second-order valence-corrected chi connectivity index (χ2v) is 7.49. The van der Waals surface area contributed by atoms with Crippen molar-refractivity contribution in [2.75, 3.05) is 41.0 Å². The highest BCUT2D eigenvalue weighted by molar-refractivity contribution is 7.89. The number of methoxy groups -OCH3 is 2. The van der Waals surface area contributed by atoms with Crippen molar-refractivity contribution in [1.82, 2.24) is 14.9 Å². The molecular weight excluding hydrogens is 378 g/mol. The first kappa shape index (κ1) is 20.9. The number of nitrogens with one attached hydrogen (secondary N) is 2. The standard InChI is InChI=1S/C16H23N3O7S/c1-17-15(20)16(21)18-10-14-19(7-4-8-26-14)27(22,23)11-5-6-12(24-2)13(9-11)25-3/h5-6,9,14H,4,7-8,10H2,1-3H3,(H,17,20)(H,18,21). The van der Waals surface area contributed by atoms with Crippen molar-refractivity contribution < 1.29 is 32.2 Å². The summed E-state index contributed by atoms with van der Waals surface area (Å²) in [5, 5.41) is 4.56. The predicted octanol–water partition coefficient (Wildman–Crippen LogP) is -0.697. The van der Waals surface area contributed by atoms with Gasteiger partial charge in [0, 0.05) is 19.7 Å². The van der Waals surface area contributed by atoms with Crippen molar-refractivity contribution in [2.24, 2.45) is 0 Å². The number of hydrogen-bond donors (Lipinski definition) is 2. The van der Waals surface area contributed by atoms with E-state index in [0.29, 0.717) is 18.8 Å². The lowest BCUT2D eigenvalue weighted by Gasteiger charge is -2.34. The van der Waals surface area contributed by atoms with Crippen LogP contribution in [-0.4, -0.2) is 71.7 Å². The molecular formula is C16H23N3O7S. The average Bonchev–Trinajstić information content (AvgIpc) is 2.70. The summed E-state index contributed by atoms with van der Waals surface area (Å²) in [5.41, 5.74) is 0. The maximum atomic E-state index is 13.1. The zero-order valence-corrected chi connectivity index (χ0v) is 16.2. The smallest absolute Gasteiger partial charge is 0.309 e. The number of likely N-dealkylation sites (N-methyl/N-ethyl adjacent to an activating group) is 1. The van der Waals surface area contributed by atoms with Crippen LogP contribution in [0.2, 0.25) is 0 Å². The molecule has 0 radical (unpaired) electrons. The van der Waals surface area contributed by atoms with Gasteiger partial charge in [0.05, 0.1) is 32.3 Å². The van der Waals surface area contributed by atoms with E-state index in [1.807, 2.05) is 0 Å². The molecule has 1 atom stereocenters. The van der Waals surface area contributed by atoms with Gasteiger partial charge in [0.2, 0.25) is 10.0 Å². The Balaban J connectivity index is 2.23. The quantitative estimate of drug-likeness (QED) is 0.605. The zero-order valence-electron chi connectivity index (χ0n) is 15.4. The molecule has 0 aliphatic carbocycles. The lowest BCUT2D eigenvalue weighted by atomic mass is 10.3. The van der Waals surface area contributed by atoms with Crippen molar-refractivity contribution in [3.05, 3.63) is 18.2 Å². The van der Waals surface area contributed by atoms with Crippen LogP contribution in [0, 0.1) is 0 Å². The SMILES string of the molecule is CNC(=O)C(=O)NCC1OCCCN1S(=O)(=O)c1ccc(OC)c(OC)c1. The first-order valence-corrected chi connectivity index (χ1v) is 9.64. The summed E-state index contributed by atoms with van der Waals surface area (Å²) >= 11 is 0. The molecule has 2 rings (SSSR count). The van der Waals surface area contributed by atoms with Crippen LogP contribution in [0.4, 0.5) is 0 Å². The first-order valence-electron chi connectivity index (χ1n) is 8.20. The summed E-state index contributed by atoms with van der Waals surface area (Å²) in [6.45, 7) is 0.411. The third-order valence-corrected chi connectivity index (χ3v) is 5.87. The van der Waals surface area contributed by atoms with Gasteiger partial charge in [-0.2, -0.15) is 4.31 Å². The van der Waals surface area contributed by atoms with Gasteiger partial charge < -0.3 is 24.8 Å². The molecule has 1 aromatic carbocycles. The Kier molecular flexibility index (Phi) is 6.99. The number of ether oxygens (including phenoxy) is 3. The fraction of sp³-hybridized carbons (Fsp3) is 0.500. The van der Waals surface area contributed by atoms with Gasteiger partial charge in [-0.05, 0) is 18.6 Å². The van der Waals surface area contributed by atoms with Crippen molar-refractivity contribution in [3.63, 3.8) is 0 Å². The molecule has 1 heterocycles. The number of benzene rings is 1. The molecule has 0 spiro atoms. The lowest BCUT2D eigenvalue weighted by Crippen LogP contribution is -2.52. The Hall–Kier alpha value is -2.37. The van der Waals surface area contributed by atoms with E-state index < -0.39 is 28.1 Å². The fourth-order valence-corrected chi connectivity index (χ4v) is 4.17. The van der Waals surface area contributed by atoms with Gasteiger partial charge in [-0.3, -0.25) is 9.59 Å². The summed E-state index contributed by atoms with van der Waals surface area (Å²) in [6.07, 6.45) is -0.419. The summed E-state index contributed by atoms with van der Waals surface area (Å²) in [5.74, 6) is -1.00. The van der Waals surface area contributed by atoms with E-state index in [1.54, 1.807) is 0 Å². The minimum Gasteiger partial charge on any atom is -0.493 e.